The molecule has 0 fully saturated rings. The number of benzene rings is 2. The lowest BCUT2D eigenvalue weighted by atomic mass is 10.1. The summed E-state index contributed by atoms with van der Waals surface area (Å²) in [5.74, 6) is -1.99. The molecular formula is C17H15ClN2O4. The first-order valence-electron chi connectivity index (χ1n) is 7.13. The van der Waals surface area contributed by atoms with E-state index < -0.39 is 11.9 Å². The van der Waals surface area contributed by atoms with E-state index in [1.54, 1.807) is 36.4 Å². The molecule has 0 aliphatic carbocycles. The highest BCUT2D eigenvalue weighted by Gasteiger charge is 2.15. The van der Waals surface area contributed by atoms with E-state index in [4.69, 9.17) is 16.7 Å². The van der Waals surface area contributed by atoms with E-state index in [1.807, 2.05) is 0 Å². The van der Waals surface area contributed by atoms with Gasteiger partial charge in [0.2, 0.25) is 0 Å². The molecule has 2 rings (SSSR count). The lowest BCUT2D eigenvalue weighted by Gasteiger charge is -2.09. The lowest BCUT2D eigenvalue weighted by Crippen LogP contribution is -2.35. The van der Waals surface area contributed by atoms with Gasteiger partial charge in [-0.15, -0.1) is 0 Å². The molecule has 0 aliphatic heterocycles. The Kier molecular flexibility index (Phi) is 5.92. The Hall–Kier alpha value is -2.86. The van der Waals surface area contributed by atoms with Gasteiger partial charge in [-0.25, -0.2) is 4.79 Å². The first-order chi connectivity index (χ1) is 11.5. The second kappa shape index (κ2) is 8.12. The lowest BCUT2D eigenvalue weighted by molar-refractivity contribution is 0.0691. The Morgan fingerprint density at radius 1 is 0.875 bits per heavy atom. The smallest absolute Gasteiger partial charge is 0.336 e. The first-order valence-corrected chi connectivity index (χ1v) is 7.51. The van der Waals surface area contributed by atoms with E-state index in [0.29, 0.717) is 10.6 Å². The van der Waals surface area contributed by atoms with Gasteiger partial charge in [0.15, 0.2) is 0 Å². The molecule has 2 amide bonds. The number of carbonyl (C=O) groups excluding carboxylic acids is 2. The number of nitrogens with one attached hydrogen (secondary N) is 2. The van der Waals surface area contributed by atoms with Crippen LogP contribution in [0.2, 0.25) is 5.02 Å². The molecule has 3 N–H and O–H groups in total. The van der Waals surface area contributed by atoms with Crippen molar-refractivity contribution in [2.24, 2.45) is 0 Å². The van der Waals surface area contributed by atoms with Gasteiger partial charge in [-0.1, -0.05) is 29.8 Å². The highest BCUT2D eigenvalue weighted by Crippen LogP contribution is 2.10. The minimum Gasteiger partial charge on any atom is -0.478 e. The summed E-state index contributed by atoms with van der Waals surface area (Å²) < 4.78 is 0. The average Bonchev–Trinajstić information content (AvgIpc) is 2.58. The molecule has 2 aromatic carbocycles. The molecule has 6 nitrogen and oxygen atoms in total. The number of carboxylic acids is 1. The molecule has 0 atom stereocenters. The van der Waals surface area contributed by atoms with Crippen molar-refractivity contribution < 1.29 is 19.5 Å². The zero-order chi connectivity index (χ0) is 17.5. The average molecular weight is 347 g/mol. The second-order valence-corrected chi connectivity index (χ2v) is 5.31. The maximum atomic E-state index is 12.0. The van der Waals surface area contributed by atoms with Crippen LogP contribution in [-0.2, 0) is 0 Å². The number of hydrogen-bond acceptors (Lipinski definition) is 3. The van der Waals surface area contributed by atoms with E-state index in [9.17, 15) is 14.4 Å². The third kappa shape index (κ3) is 4.57. The number of aromatic carboxylic acids is 1. The fraction of sp³-hybridized carbons (Fsp3) is 0.118. The van der Waals surface area contributed by atoms with Crippen molar-refractivity contribution >= 4 is 29.4 Å². The number of carboxylic acid groups (broad SMARTS) is 1. The van der Waals surface area contributed by atoms with Crippen LogP contribution in [0.1, 0.15) is 31.1 Å². The minimum atomic E-state index is -1.17. The fourth-order valence-electron chi connectivity index (χ4n) is 2.05. The van der Waals surface area contributed by atoms with E-state index >= 15 is 0 Å². The molecule has 0 aliphatic rings. The van der Waals surface area contributed by atoms with Crippen LogP contribution in [0.5, 0.6) is 0 Å². The van der Waals surface area contributed by atoms with Gasteiger partial charge in [-0.2, -0.15) is 0 Å². The van der Waals surface area contributed by atoms with Crippen molar-refractivity contribution in [1.29, 1.82) is 0 Å². The molecule has 0 spiro atoms. The molecule has 24 heavy (non-hydrogen) atoms. The van der Waals surface area contributed by atoms with E-state index in [-0.39, 0.29) is 30.1 Å². The number of rotatable bonds is 6. The molecule has 7 heteroatoms. The van der Waals surface area contributed by atoms with Crippen LogP contribution in [0, 0.1) is 0 Å². The maximum Gasteiger partial charge on any atom is 0.336 e. The minimum absolute atomic E-state index is 0.0713. The van der Waals surface area contributed by atoms with E-state index in [1.165, 1.54) is 12.1 Å². The van der Waals surface area contributed by atoms with Crippen molar-refractivity contribution in [2.75, 3.05) is 13.1 Å². The van der Waals surface area contributed by atoms with E-state index in [0.717, 1.165) is 0 Å². The van der Waals surface area contributed by atoms with Crippen molar-refractivity contribution in [3.8, 4) is 0 Å². The quantitative estimate of drug-likeness (QED) is 0.699. The molecule has 0 radical (unpaired) electrons. The third-order valence-electron chi connectivity index (χ3n) is 3.19. The Bertz CT molecular complexity index is 777. The van der Waals surface area contributed by atoms with Crippen LogP contribution in [0.4, 0.5) is 0 Å². The van der Waals surface area contributed by atoms with Gasteiger partial charge >= 0.3 is 5.97 Å². The number of hydrogen-bond donors (Lipinski definition) is 3. The van der Waals surface area contributed by atoms with Crippen molar-refractivity contribution in [2.45, 2.75) is 0 Å². The maximum absolute atomic E-state index is 12.0. The number of amides is 2. The van der Waals surface area contributed by atoms with Gasteiger partial charge in [0.25, 0.3) is 11.8 Å². The van der Waals surface area contributed by atoms with Crippen molar-refractivity contribution in [3.05, 3.63) is 70.2 Å². The van der Waals surface area contributed by atoms with Crippen LogP contribution in [0.15, 0.2) is 48.5 Å². The monoisotopic (exact) mass is 346 g/mol. The summed E-state index contributed by atoms with van der Waals surface area (Å²) in [6.45, 7) is 0.366. The summed E-state index contributed by atoms with van der Waals surface area (Å²) in [4.78, 5) is 35.0. The number of carbonyl (C=O) groups is 3. The summed E-state index contributed by atoms with van der Waals surface area (Å²) in [5, 5.41) is 14.7. The van der Waals surface area contributed by atoms with Crippen LogP contribution in [-0.4, -0.2) is 36.0 Å². The molecule has 0 saturated carbocycles. The standard InChI is InChI=1S/C17H15ClN2O4/c18-12-5-3-4-11(10-12)15(21)19-8-9-20-16(22)13-6-1-2-7-14(13)17(23)24/h1-7,10H,8-9H2,(H,19,21)(H,20,22)(H,23,24). The topological polar surface area (TPSA) is 95.5 Å². The zero-order valence-electron chi connectivity index (χ0n) is 12.6. The zero-order valence-corrected chi connectivity index (χ0v) is 13.3. The highest BCUT2D eigenvalue weighted by atomic mass is 35.5. The highest BCUT2D eigenvalue weighted by molar-refractivity contribution is 6.30. The van der Waals surface area contributed by atoms with Crippen molar-refractivity contribution in [1.82, 2.24) is 10.6 Å². The molecule has 0 aromatic heterocycles. The largest absolute Gasteiger partial charge is 0.478 e. The molecular weight excluding hydrogens is 332 g/mol. The van der Waals surface area contributed by atoms with Gasteiger partial charge < -0.3 is 15.7 Å². The summed E-state index contributed by atoms with van der Waals surface area (Å²) in [5.41, 5.74) is 0.425. The van der Waals surface area contributed by atoms with Gasteiger partial charge in [0.1, 0.15) is 0 Å². The summed E-state index contributed by atoms with van der Waals surface area (Å²) in [7, 11) is 0. The molecule has 2 aromatic rings. The first kappa shape index (κ1) is 17.5. The summed E-state index contributed by atoms with van der Waals surface area (Å²) in [6, 6.07) is 12.4. The van der Waals surface area contributed by atoms with E-state index in [2.05, 4.69) is 10.6 Å². The van der Waals surface area contributed by atoms with Crippen LogP contribution >= 0.6 is 11.6 Å². The molecule has 124 valence electrons. The molecule has 0 unspecified atom stereocenters. The van der Waals surface area contributed by atoms with Gasteiger partial charge in [-0.3, -0.25) is 9.59 Å². The predicted octanol–water partition coefficient (Wildman–Crippen LogP) is 2.20. The summed E-state index contributed by atoms with van der Waals surface area (Å²) in [6.07, 6.45) is 0. The second-order valence-electron chi connectivity index (χ2n) is 4.87. The third-order valence-corrected chi connectivity index (χ3v) is 3.42. The van der Waals surface area contributed by atoms with Gasteiger partial charge in [0, 0.05) is 23.7 Å². The predicted molar refractivity (Wildman–Crippen MR) is 89.5 cm³/mol. The van der Waals surface area contributed by atoms with Gasteiger partial charge in [-0.05, 0) is 30.3 Å². The fourth-order valence-corrected chi connectivity index (χ4v) is 2.24. The van der Waals surface area contributed by atoms with Crippen molar-refractivity contribution in [3.63, 3.8) is 0 Å². The van der Waals surface area contributed by atoms with Crippen LogP contribution in [0.25, 0.3) is 0 Å². The number of halogens is 1. The van der Waals surface area contributed by atoms with Crippen LogP contribution < -0.4 is 10.6 Å². The molecule has 0 saturated heterocycles. The molecule has 0 heterocycles. The Morgan fingerprint density at radius 3 is 2.12 bits per heavy atom. The Morgan fingerprint density at radius 2 is 1.50 bits per heavy atom. The SMILES string of the molecule is O=C(NCCNC(=O)c1ccccc1C(=O)O)c1cccc(Cl)c1. The Balaban J connectivity index is 1.85. The molecule has 0 bridgehead atoms. The Labute approximate surface area is 143 Å². The van der Waals surface area contributed by atoms with Gasteiger partial charge in [0.05, 0.1) is 11.1 Å². The van der Waals surface area contributed by atoms with Crippen LogP contribution in [0.3, 0.4) is 0 Å². The summed E-state index contributed by atoms with van der Waals surface area (Å²) >= 11 is 5.82. The normalized spacial score (nSPS) is 10.0.